The molecule has 0 radical (unpaired) electrons. The lowest BCUT2D eigenvalue weighted by Crippen LogP contribution is -2.49. The normalized spacial score (nSPS) is 37.2. The molecule has 0 saturated heterocycles. The van der Waals surface area contributed by atoms with E-state index in [4.69, 9.17) is 9.47 Å². The lowest BCUT2D eigenvalue weighted by Gasteiger charge is -2.49. The standard InChI is InChI=1S/C21H28O4/c1-5-16-17-10-11-19(25-13(2)22)21(17,3)12-18(23)20(16)14-6-8-15(24-4)9-7-14/h5-9,16-20,23H,1,10-12H2,2-4H3/t16?,17?,18-,19-,20+,21-/m0/s1. The highest BCUT2D eigenvalue weighted by Crippen LogP contribution is 2.59. The number of esters is 1. The Bertz CT molecular complexity index is 638. The molecule has 1 aromatic rings. The van der Waals surface area contributed by atoms with Crippen LogP contribution in [0, 0.1) is 17.3 Å². The number of methoxy groups -OCH3 is 1. The summed E-state index contributed by atoms with van der Waals surface area (Å²) in [4.78, 5) is 11.5. The first-order chi connectivity index (χ1) is 11.9. The summed E-state index contributed by atoms with van der Waals surface area (Å²) >= 11 is 0. The number of benzene rings is 1. The van der Waals surface area contributed by atoms with E-state index in [0.717, 1.165) is 24.2 Å². The molecule has 0 heterocycles. The molecule has 3 rings (SSSR count). The van der Waals surface area contributed by atoms with E-state index in [1.165, 1.54) is 6.92 Å². The summed E-state index contributed by atoms with van der Waals surface area (Å²) in [7, 11) is 1.65. The first-order valence-corrected chi connectivity index (χ1v) is 9.02. The van der Waals surface area contributed by atoms with Gasteiger partial charge in [-0.1, -0.05) is 25.1 Å². The quantitative estimate of drug-likeness (QED) is 0.668. The van der Waals surface area contributed by atoms with E-state index in [0.29, 0.717) is 12.3 Å². The van der Waals surface area contributed by atoms with Crippen LogP contribution in [0.2, 0.25) is 0 Å². The van der Waals surface area contributed by atoms with Gasteiger partial charge in [0.25, 0.3) is 0 Å². The SMILES string of the molecule is C=CC1C2CC[C@H](OC(C)=O)[C@@]2(C)C[C@H](O)[C@@H]1c1ccc(OC)cc1. The summed E-state index contributed by atoms with van der Waals surface area (Å²) in [6.07, 6.45) is 3.85. The highest BCUT2D eigenvalue weighted by atomic mass is 16.5. The molecule has 4 nitrogen and oxygen atoms in total. The van der Waals surface area contributed by atoms with Crippen molar-refractivity contribution < 1.29 is 19.4 Å². The van der Waals surface area contributed by atoms with Crippen molar-refractivity contribution in [1.29, 1.82) is 0 Å². The Balaban J connectivity index is 1.91. The van der Waals surface area contributed by atoms with Crippen LogP contribution in [0.1, 0.15) is 44.6 Å². The number of carbonyl (C=O) groups is 1. The summed E-state index contributed by atoms with van der Waals surface area (Å²) < 4.78 is 10.8. The van der Waals surface area contributed by atoms with Crippen LogP contribution >= 0.6 is 0 Å². The number of ether oxygens (including phenoxy) is 2. The van der Waals surface area contributed by atoms with Gasteiger partial charge in [0.15, 0.2) is 0 Å². The van der Waals surface area contributed by atoms with E-state index in [1.807, 2.05) is 30.3 Å². The van der Waals surface area contributed by atoms with Crippen molar-refractivity contribution in [3.8, 4) is 5.75 Å². The molecule has 2 unspecified atom stereocenters. The average Bonchev–Trinajstić information content (AvgIpc) is 2.89. The number of hydrogen-bond donors (Lipinski definition) is 1. The lowest BCUT2D eigenvalue weighted by molar-refractivity contribution is -0.157. The second-order valence-electron chi connectivity index (χ2n) is 7.67. The smallest absolute Gasteiger partial charge is 0.302 e. The third-order valence-electron chi connectivity index (χ3n) is 6.35. The molecule has 2 fully saturated rings. The number of rotatable bonds is 4. The molecule has 4 heteroatoms. The van der Waals surface area contributed by atoms with E-state index in [1.54, 1.807) is 7.11 Å². The predicted octanol–water partition coefficient (Wildman–Crippen LogP) is 3.69. The minimum atomic E-state index is -0.492. The molecule has 1 N–H and O–H groups in total. The molecule has 0 bridgehead atoms. The van der Waals surface area contributed by atoms with E-state index in [-0.39, 0.29) is 29.3 Å². The number of allylic oxidation sites excluding steroid dienone is 1. The molecule has 0 aromatic heterocycles. The van der Waals surface area contributed by atoms with Crippen molar-refractivity contribution in [2.75, 3.05) is 7.11 Å². The van der Waals surface area contributed by atoms with Gasteiger partial charge >= 0.3 is 5.97 Å². The second kappa shape index (κ2) is 6.83. The topological polar surface area (TPSA) is 55.8 Å². The van der Waals surface area contributed by atoms with Crippen molar-refractivity contribution in [3.05, 3.63) is 42.5 Å². The first kappa shape index (κ1) is 18.0. The first-order valence-electron chi connectivity index (χ1n) is 9.02. The van der Waals surface area contributed by atoms with Crippen LogP contribution in [0.4, 0.5) is 0 Å². The molecule has 0 amide bonds. The maximum atomic E-state index is 11.5. The third kappa shape index (κ3) is 3.08. The third-order valence-corrected chi connectivity index (χ3v) is 6.35. The Kier molecular flexibility index (Phi) is 4.92. The summed E-state index contributed by atoms with van der Waals surface area (Å²) in [5.41, 5.74) is 0.906. The Labute approximate surface area is 149 Å². The fraction of sp³-hybridized carbons (Fsp3) is 0.571. The van der Waals surface area contributed by atoms with E-state index >= 15 is 0 Å². The number of carbonyl (C=O) groups excluding carboxylic acids is 1. The van der Waals surface area contributed by atoms with Crippen molar-refractivity contribution in [2.45, 2.75) is 51.2 Å². The number of aliphatic hydroxyl groups is 1. The van der Waals surface area contributed by atoms with Gasteiger partial charge in [0.2, 0.25) is 0 Å². The number of hydrogen-bond acceptors (Lipinski definition) is 4. The Morgan fingerprint density at radius 3 is 2.56 bits per heavy atom. The fourth-order valence-electron chi connectivity index (χ4n) is 5.20. The zero-order chi connectivity index (χ0) is 18.2. The van der Waals surface area contributed by atoms with E-state index in [2.05, 4.69) is 13.5 Å². The van der Waals surface area contributed by atoms with Crippen LogP contribution in [-0.2, 0) is 9.53 Å². The fourth-order valence-corrected chi connectivity index (χ4v) is 5.20. The summed E-state index contributed by atoms with van der Waals surface area (Å²) in [5.74, 6) is 1.09. The van der Waals surface area contributed by atoms with Crippen LogP contribution in [0.3, 0.4) is 0 Å². The highest BCUT2D eigenvalue weighted by Gasteiger charge is 2.57. The van der Waals surface area contributed by atoms with E-state index in [9.17, 15) is 9.90 Å². The highest BCUT2D eigenvalue weighted by molar-refractivity contribution is 5.66. The van der Waals surface area contributed by atoms with Crippen molar-refractivity contribution in [3.63, 3.8) is 0 Å². The van der Waals surface area contributed by atoms with Crippen LogP contribution in [0.15, 0.2) is 36.9 Å². The van der Waals surface area contributed by atoms with Crippen LogP contribution < -0.4 is 4.74 Å². The zero-order valence-electron chi connectivity index (χ0n) is 15.3. The maximum Gasteiger partial charge on any atom is 0.302 e. The summed E-state index contributed by atoms with van der Waals surface area (Å²) in [6, 6.07) is 7.94. The van der Waals surface area contributed by atoms with Crippen molar-refractivity contribution in [1.82, 2.24) is 0 Å². The predicted molar refractivity (Wildman–Crippen MR) is 96.4 cm³/mol. The maximum absolute atomic E-state index is 11.5. The van der Waals surface area contributed by atoms with Gasteiger partial charge in [-0.2, -0.15) is 0 Å². The zero-order valence-corrected chi connectivity index (χ0v) is 15.3. The largest absolute Gasteiger partial charge is 0.497 e. The molecule has 6 atom stereocenters. The summed E-state index contributed by atoms with van der Waals surface area (Å²) in [5, 5.41) is 11.0. The molecule has 25 heavy (non-hydrogen) atoms. The van der Waals surface area contributed by atoms with Crippen molar-refractivity contribution >= 4 is 5.97 Å². The minimum Gasteiger partial charge on any atom is -0.497 e. The molecule has 1 aromatic carbocycles. The molecular weight excluding hydrogens is 316 g/mol. The van der Waals surface area contributed by atoms with Crippen LogP contribution in [-0.4, -0.2) is 30.4 Å². The second-order valence-corrected chi connectivity index (χ2v) is 7.67. The van der Waals surface area contributed by atoms with Gasteiger partial charge < -0.3 is 14.6 Å². The number of fused-ring (bicyclic) bond motifs is 1. The molecule has 2 aliphatic carbocycles. The minimum absolute atomic E-state index is 0.0116. The molecular formula is C21H28O4. The van der Waals surface area contributed by atoms with Gasteiger partial charge in [-0.25, -0.2) is 0 Å². The number of aliphatic hydroxyl groups excluding tert-OH is 1. The molecule has 0 spiro atoms. The van der Waals surface area contributed by atoms with Gasteiger partial charge in [-0.3, -0.25) is 4.79 Å². The van der Waals surface area contributed by atoms with Crippen LogP contribution in [0.5, 0.6) is 5.75 Å². The summed E-state index contributed by atoms with van der Waals surface area (Å²) in [6.45, 7) is 7.68. The average molecular weight is 344 g/mol. The Morgan fingerprint density at radius 2 is 2.00 bits per heavy atom. The van der Waals surface area contributed by atoms with Gasteiger partial charge in [0.05, 0.1) is 13.2 Å². The van der Waals surface area contributed by atoms with Crippen LogP contribution in [0.25, 0.3) is 0 Å². The Morgan fingerprint density at radius 1 is 1.32 bits per heavy atom. The molecule has 0 aliphatic heterocycles. The van der Waals surface area contributed by atoms with E-state index < -0.39 is 6.10 Å². The van der Waals surface area contributed by atoms with Gasteiger partial charge in [0, 0.05) is 18.3 Å². The molecule has 136 valence electrons. The lowest BCUT2D eigenvalue weighted by atomic mass is 9.57. The van der Waals surface area contributed by atoms with Gasteiger partial charge in [-0.15, -0.1) is 6.58 Å². The van der Waals surface area contributed by atoms with Crippen molar-refractivity contribution in [2.24, 2.45) is 17.3 Å². The Hall–Kier alpha value is -1.81. The van der Waals surface area contributed by atoms with Gasteiger partial charge in [-0.05, 0) is 48.8 Å². The van der Waals surface area contributed by atoms with Gasteiger partial charge in [0.1, 0.15) is 11.9 Å². The monoisotopic (exact) mass is 344 g/mol. The molecule has 2 saturated carbocycles. The molecule has 2 aliphatic rings.